The Kier molecular flexibility index (Phi) is 6.86. The number of thioether (sulfide) groups is 1. The number of ketones is 1. The Morgan fingerprint density at radius 2 is 2.19 bits per heavy atom. The van der Waals surface area contributed by atoms with Crippen LogP contribution in [-0.4, -0.2) is 37.8 Å². The number of nitriles is 1. The molecule has 0 fully saturated rings. The molecule has 0 radical (unpaired) electrons. The highest BCUT2D eigenvalue weighted by Crippen LogP contribution is 2.47. The number of nitrogens with zero attached hydrogens (tertiary/aromatic N) is 6. The molecule has 3 aromatic rings. The van der Waals surface area contributed by atoms with Gasteiger partial charge in [0.15, 0.2) is 10.1 Å². The molecule has 1 aliphatic heterocycles. The molecular weight excluding hydrogens is 520 g/mol. The highest BCUT2D eigenvalue weighted by atomic mass is 32.2. The molecule has 11 nitrogen and oxygen atoms in total. The Hall–Kier alpha value is -3.54. The number of Topliss-reactive ketones (excluding diaryl/α,β-unsaturated/α-hetero) is 1. The third-order valence-corrected chi connectivity index (χ3v) is 8.70. The number of aromatic nitrogens is 4. The van der Waals surface area contributed by atoms with Gasteiger partial charge in [0.05, 0.1) is 29.6 Å². The fourth-order valence-electron chi connectivity index (χ4n) is 4.13. The van der Waals surface area contributed by atoms with Crippen molar-refractivity contribution in [1.29, 1.82) is 5.26 Å². The maximum absolute atomic E-state index is 13.0. The minimum absolute atomic E-state index is 0.0402. The summed E-state index contributed by atoms with van der Waals surface area (Å²) in [7, 11) is 0. The Morgan fingerprint density at radius 1 is 1.33 bits per heavy atom. The minimum atomic E-state index is -0.650. The van der Waals surface area contributed by atoms with Gasteiger partial charge >= 0.3 is 0 Å². The van der Waals surface area contributed by atoms with E-state index < -0.39 is 5.92 Å². The molecule has 36 heavy (non-hydrogen) atoms. The number of carbonyl (C=O) groups is 2. The second-order valence-electron chi connectivity index (χ2n) is 7.87. The number of hydrogen-bond donors (Lipinski definition) is 2. The molecule has 1 unspecified atom stereocenters. The predicted molar refractivity (Wildman–Crippen MR) is 135 cm³/mol. The quantitative estimate of drug-likeness (QED) is 0.421. The first-order valence-corrected chi connectivity index (χ1v) is 13.7. The molecule has 5 rings (SSSR count). The van der Waals surface area contributed by atoms with Gasteiger partial charge in [-0.25, -0.2) is 0 Å². The summed E-state index contributed by atoms with van der Waals surface area (Å²) in [6.07, 6.45) is 3.93. The van der Waals surface area contributed by atoms with Gasteiger partial charge in [-0.1, -0.05) is 41.4 Å². The van der Waals surface area contributed by atoms with Crippen LogP contribution in [-0.2, 0) is 16.0 Å². The van der Waals surface area contributed by atoms with Crippen molar-refractivity contribution in [1.82, 2.24) is 20.4 Å². The van der Waals surface area contributed by atoms with Crippen LogP contribution < -0.4 is 16.0 Å². The molecule has 0 bridgehead atoms. The number of anilines is 2. The monoisotopic (exact) mass is 540 g/mol. The molecule has 1 amide bonds. The van der Waals surface area contributed by atoms with Crippen LogP contribution in [0.3, 0.4) is 0 Å². The standard InChI is InChI=1S/C22H20N8O3S3/c1-2-16-26-27-20(35-16)25-15(32)10-34-22-29-28-21(36-22)30-12-5-3-6-13(31)18(12)17(11(9-23)19(30)24)14-7-4-8-33-14/h4,7-8,17H,2-3,5-6,10,24H2,1H3,(H,25,27,32). The normalized spacial score (nSPS) is 17.8. The van der Waals surface area contributed by atoms with Gasteiger partial charge in [0.1, 0.15) is 16.6 Å². The van der Waals surface area contributed by atoms with Crippen LogP contribution in [0.15, 0.2) is 49.8 Å². The van der Waals surface area contributed by atoms with E-state index in [2.05, 4.69) is 31.8 Å². The van der Waals surface area contributed by atoms with Gasteiger partial charge in [-0.2, -0.15) is 5.26 Å². The lowest BCUT2D eigenvalue weighted by molar-refractivity contribution is -0.116. The molecule has 1 aliphatic carbocycles. The number of aryl methyl sites for hydroxylation is 1. The molecular formula is C22H20N8O3S3. The van der Waals surface area contributed by atoms with E-state index in [1.54, 1.807) is 17.0 Å². The lowest BCUT2D eigenvalue weighted by Crippen LogP contribution is -2.38. The van der Waals surface area contributed by atoms with Crippen molar-refractivity contribution >= 4 is 56.4 Å². The van der Waals surface area contributed by atoms with E-state index >= 15 is 0 Å². The fraction of sp³-hybridized carbons (Fsp3) is 0.318. The SMILES string of the molecule is CCc1nnc(NC(=O)CSc2nnc(N3C(N)=C(C#N)C(c4ccco4)C4=C3CCCC4=O)s2)s1. The highest BCUT2D eigenvalue weighted by Gasteiger charge is 2.42. The average Bonchev–Trinajstić information content (AvgIpc) is 3.64. The average molecular weight is 541 g/mol. The molecule has 0 spiro atoms. The van der Waals surface area contributed by atoms with Gasteiger partial charge in [-0.05, 0) is 31.4 Å². The molecule has 0 saturated heterocycles. The number of allylic oxidation sites excluding steroid dienone is 3. The molecule has 1 atom stereocenters. The number of rotatable bonds is 7. The van der Waals surface area contributed by atoms with E-state index in [0.717, 1.165) is 11.4 Å². The second-order valence-corrected chi connectivity index (χ2v) is 11.1. The van der Waals surface area contributed by atoms with Gasteiger partial charge in [0.25, 0.3) is 0 Å². The fourth-order valence-corrected chi connectivity index (χ4v) is 6.50. The topological polar surface area (TPSA) is 164 Å². The summed E-state index contributed by atoms with van der Waals surface area (Å²) in [4.78, 5) is 27.0. The molecule has 14 heteroatoms. The van der Waals surface area contributed by atoms with E-state index in [1.807, 2.05) is 6.92 Å². The van der Waals surface area contributed by atoms with Crippen LogP contribution in [0.25, 0.3) is 0 Å². The molecule has 2 aliphatic rings. The van der Waals surface area contributed by atoms with Gasteiger partial charge in [-0.15, -0.1) is 20.4 Å². The maximum Gasteiger partial charge on any atom is 0.236 e. The molecule has 184 valence electrons. The van der Waals surface area contributed by atoms with Crippen molar-refractivity contribution in [2.45, 2.75) is 42.9 Å². The second kappa shape index (κ2) is 10.2. The van der Waals surface area contributed by atoms with Crippen LogP contribution in [0, 0.1) is 11.3 Å². The largest absolute Gasteiger partial charge is 0.468 e. The van der Waals surface area contributed by atoms with E-state index in [-0.39, 0.29) is 28.8 Å². The zero-order valence-electron chi connectivity index (χ0n) is 19.1. The molecule has 3 aromatic heterocycles. The van der Waals surface area contributed by atoms with Gasteiger partial charge < -0.3 is 10.2 Å². The molecule has 4 heterocycles. The third-order valence-electron chi connectivity index (χ3n) is 5.67. The Bertz CT molecular complexity index is 1420. The van der Waals surface area contributed by atoms with E-state index in [0.29, 0.717) is 50.9 Å². The summed E-state index contributed by atoms with van der Waals surface area (Å²) >= 11 is 3.80. The van der Waals surface area contributed by atoms with Crippen molar-refractivity contribution in [2.75, 3.05) is 16.0 Å². The number of carbonyl (C=O) groups excluding carboxylic acids is 2. The third kappa shape index (κ3) is 4.52. The molecule has 3 N–H and O–H groups in total. The van der Waals surface area contributed by atoms with E-state index in [1.165, 1.54) is 40.7 Å². The van der Waals surface area contributed by atoms with E-state index in [4.69, 9.17) is 10.2 Å². The van der Waals surface area contributed by atoms with Crippen LogP contribution in [0.5, 0.6) is 0 Å². The number of furan rings is 1. The summed E-state index contributed by atoms with van der Waals surface area (Å²) in [5.74, 6) is -0.121. The zero-order chi connectivity index (χ0) is 25.2. The van der Waals surface area contributed by atoms with Crippen LogP contribution in [0.4, 0.5) is 10.3 Å². The van der Waals surface area contributed by atoms with Crippen LogP contribution >= 0.6 is 34.4 Å². The van der Waals surface area contributed by atoms with Crippen molar-refractivity contribution in [3.05, 3.63) is 51.8 Å². The Balaban J connectivity index is 1.39. The smallest absolute Gasteiger partial charge is 0.236 e. The summed E-state index contributed by atoms with van der Waals surface area (Å²) in [5.41, 5.74) is 7.94. The number of hydrogen-bond acceptors (Lipinski definition) is 13. The molecule has 0 aromatic carbocycles. The van der Waals surface area contributed by atoms with Crippen molar-refractivity contribution in [3.8, 4) is 6.07 Å². The Morgan fingerprint density at radius 3 is 2.92 bits per heavy atom. The number of nitrogens with two attached hydrogens (primary N) is 1. The van der Waals surface area contributed by atoms with Gasteiger partial charge in [0, 0.05) is 17.7 Å². The highest BCUT2D eigenvalue weighted by molar-refractivity contribution is 8.01. The number of amides is 1. The van der Waals surface area contributed by atoms with E-state index in [9.17, 15) is 14.9 Å². The number of nitrogens with one attached hydrogen (secondary N) is 1. The van der Waals surface area contributed by atoms with Crippen LogP contribution in [0.1, 0.15) is 42.9 Å². The first-order valence-electron chi connectivity index (χ1n) is 11.1. The summed E-state index contributed by atoms with van der Waals surface area (Å²) in [5, 5.41) is 30.9. The summed E-state index contributed by atoms with van der Waals surface area (Å²) < 4.78 is 6.13. The maximum atomic E-state index is 13.0. The summed E-state index contributed by atoms with van der Waals surface area (Å²) in [6, 6.07) is 5.64. The summed E-state index contributed by atoms with van der Waals surface area (Å²) in [6.45, 7) is 1.97. The first-order chi connectivity index (χ1) is 17.5. The first kappa shape index (κ1) is 24.2. The van der Waals surface area contributed by atoms with Crippen molar-refractivity contribution in [3.63, 3.8) is 0 Å². The molecule has 0 saturated carbocycles. The van der Waals surface area contributed by atoms with Gasteiger partial charge in [0.2, 0.25) is 16.2 Å². The lowest BCUT2D eigenvalue weighted by Gasteiger charge is -2.37. The zero-order valence-corrected chi connectivity index (χ0v) is 21.5. The predicted octanol–water partition coefficient (Wildman–Crippen LogP) is 3.58. The minimum Gasteiger partial charge on any atom is -0.468 e. The van der Waals surface area contributed by atoms with Crippen LogP contribution in [0.2, 0.25) is 0 Å². The van der Waals surface area contributed by atoms with Gasteiger partial charge in [-0.3, -0.25) is 19.8 Å². The Labute approximate surface area is 218 Å². The van der Waals surface area contributed by atoms with Crippen molar-refractivity contribution in [2.24, 2.45) is 5.73 Å². The van der Waals surface area contributed by atoms with Crippen molar-refractivity contribution < 1.29 is 14.0 Å². The lowest BCUT2D eigenvalue weighted by atomic mass is 9.78.